The lowest BCUT2D eigenvalue weighted by atomic mass is 9.75. The van der Waals surface area contributed by atoms with E-state index < -0.39 is 0 Å². The highest BCUT2D eigenvalue weighted by Crippen LogP contribution is 2.38. The molecule has 0 bridgehead atoms. The number of aromatic nitrogens is 1. The van der Waals surface area contributed by atoms with E-state index in [0.717, 1.165) is 5.56 Å². The molecule has 1 aromatic carbocycles. The number of nitrogens with zero attached hydrogens (tertiary/aromatic N) is 1. The maximum Gasteiger partial charge on any atom is 0.225 e. The lowest BCUT2D eigenvalue weighted by Crippen LogP contribution is -2.42. The number of pyridine rings is 1. The van der Waals surface area contributed by atoms with E-state index in [1.807, 2.05) is 6.07 Å². The molecule has 1 aromatic heterocycles. The van der Waals surface area contributed by atoms with Crippen LogP contribution in [0, 0.1) is 11.7 Å². The van der Waals surface area contributed by atoms with E-state index >= 15 is 0 Å². The fourth-order valence-electron chi connectivity index (χ4n) is 3.11. The van der Waals surface area contributed by atoms with Crippen molar-refractivity contribution in [2.75, 3.05) is 7.11 Å². The van der Waals surface area contributed by atoms with Crippen molar-refractivity contribution < 1.29 is 19.0 Å². The highest BCUT2D eigenvalue weighted by atomic mass is 19.1. The van der Waals surface area contributed by atoms with Crippen LogP contribution in [0.2, 0.25) is 0 Å². The number of amides is 1. The molecule has 1 aliphatic carbocycles. The van der Waals surface area contributed by atoms with Gasteiger partial charge in [-0.05, 0) is 36.0 Å². The molecule has 0 unspecified atom stereocenters. The number of nitrogens with one attached hydrogen (secondary N) is 1. The summed E-state index contributed by atoms with van der Waals surface area (Å²) in [7, 11) is 1.54. The van der Waals surface area contributed by atoms with Gasteiger partial charge in [0.2, 0.25) is 11.8 Å². The zero-order valence-corrected chi connectivity index (χ0v) is 14.0. The van der Waals surface area contributed by atoms with Gasteiger partial charge in [0, 0.05) is 12.3 Å². The number of hydrogen-bond donors (Lipinski definition) is 2. The molecule has 1 saturated carbocycles. The second-order valence-corrected chi connectivity index (χ2v) is 6.33. The first-order valence-electron chi connectivity index (χ1n) is 8.27. The van der Waals surface area contributed by atoms with Crippen LogP contribution in [0.5, 0.6) is 5.88 Å². The first-order valence-corrected chi connectivity index (χ1v) is 8.27. The Balaban J connectivity index is 1.73. The smallest absolute Gasteiger partial charge is 0.225 e. The second kappa shape index (κ2) is 7.61. The van der Waals surface area contributed by atoms with E-state index in [-0.39, 0.29) is 36.2 Å². The van der Waals surface area contributed by atoms with Gasteiger partial charge in [-0.25, -0.2) is 9.37 Å². The third-order valence-electron chi connectivity index (χ3n) is 4.57. The fourth-order valence-corrected chi connectivity index (χ4v) is 3.11. The molecular formula is C19H21FN2O3. The Morgan fingerprint density at radius 2 is 2.12 bits per heavy atom. The highest BCUT2D eigenvalue weighted by molar-refractivity contribution is 5.79. The van der Waals surface area contributed by atoms with Gasteiger partial charge in [0.1, 0.15) is 5.82 Å². The number of carbonyl (C=O) groups excluding carboxylic acids is 1. The zero-order valence-electron chi connectivity index (χ0n) is 14.0. The van der Waals surface area contributed by atoms with E-state index in [0.29, 0.717) is 24.3 Å². The average Bonchev–Trinajstić information content (AvgIpc) is 2.59. The number of aliphatic hydroxyl groups is 1. The number of ether oxygens (including phenoxy) is 1. The molecule has 3 rings (SSSR count). The van der Waals surface area contributed by atoms with Gasteiger partial charge in [0.15, 0.2) is 0 Å². The van der Waals surface area contributed by atoms with Gasteiger partial charge < -0.3 is 15.2 Å². The van der Waals surface area contributed by atoms with Gasteiger partial charge in [-0.15, -0.1) is 0 Å². The van der Waals surface area contributed by atoms with Crippen LogP contribution in [0.15, 0.2) is 42.6 Å². The lowest BCUT2D eigenvalue weighted by Gasteiger charge is -2.38. The van der Waals surface area contributed by atoms with Gasteiger partial charge >= 0.3 is 0 Å². The summed E-state index contributed by atoms with van der Waals surface area (Å²) in [5, 5.41) is 12.6. The Bertz CT molecular complexity index is 730. The predicted molar refractivity (Wildman–Crippen MR) is 90.5 cm³/mol. The molecule has 5 nitrogen and oxygen atoms in total. The summed E-state index contributed by atoms with van der Waals surface area (Å²) in [6.45, 7) is 0. The summed E-state index contributed by atoms with van der Waals surface area (Å²) in [5.74, 6) is -0.0183. The first kappa shape index (κ1) is 17.4. The summed E-state index contributed by atoms with van der Waals surface area (Å²) >= 11 is 0. The monoisotopic (exact) mass is 344 g/mol. The molecular weight excluding hydrogens is 323 g/mol. The van der Waals surface area contributed by atoms with Crippen molar-refractivity contribution in [1.29, 1.82) is 0 Å². The van der Waals surface area contributed by atoms with Crippen molar-refractivity contribution in [3.05, 3.63) is 59.5 Å². The van der Waals surface area contributed by atoms with Crippen molar-refractivity contribution in [3.8, 4) is 5.88 Å². The number of benzene rings is 1. The second-order valence-electron chi connectivity index (χ2n) is 6.33. The van der Waals surface area contributed by atoms with Crippen LogP contribution in [0.25, 0.3) is 0 Å². The minimum atomic E-state index is -0.389. The van der Waals surface area contributed by atoms with Crippen LogP contribution >= 0.6 is 0 Å². The standard InChI is InChI=1S/C19H21FN2O3/c1-25-18-7-6-13(11-21-18)19(14-8-15(23)9-14)22-17(24)10-12-4-2-3-5-16(12)20/h2-7,11,14-15,19,23H,8-10H2,1H3,(H,22,24)/t14?,15?,19-/m0/s1. The van der Waals surface area contributed by atoms with E-state index in [1.165, 1.54) is 13.2 Å². The molecule has 0 spiro atoms. The number of hydrogen-bond acceptors (Lipinski definition) is 4. The normalized spacial score (nSPS) is 20.4. The number of aliphatic hydroxyl groups excluding tert-OH is 1. The molecule has 1 heterocycles. The molecule has 1 aliphatic rings. The summed E-state index contributed by atoms with van der Waals surface area (Å²) in [4.78, 5) is 16.6. The minimum absolute atomic E-state index is 0.0258. The van der Waals surface area contributed by atoms with Crippen LogP contribution in [0.4, 0.5) is 4.39 Å². The molecule has 25 heavy (non-hydrogen) atoms. The summed E-state index contributed by atoms with van der Waals surface area (Å²) in [6, 6.07) is 9.57. The summed E-state index contributed by atoms with van der Waals surface area (Å²) in [6.07, 6.45) is 2.55. The molecule has 0 aliphatic heterocycles. The lowest BCUT2D eigenvalue weighted by molar-refractivity contribution is -0.122. The Morgan fingerprint density at radius 3 is 2.72 bits per heavy atom. The molecule has 1 amide bonds. The van der Waals surface area contributed by atoms with Gasteiger partial charge in [0.05, 0.1) is 25.7 Å². The van der Waals surface area contributed by atoms with Gasteiger partial charge in [-0.1, -0.05) is 24.3 Å². The van der Waals surface area contributed by atoms with E-state index in [1.54, 1.807) is 30.5 Å². The van der Waals surface area contributed by atoms with Crippen molar-refractivity contribution in [1.82, 2.24) is 10.3 Å². The molecule has 132 valence electrons. The summed E-state index contributed by atoms with van der Waals surface area (Å²) < 4.78 is 18.8. The predicted octanol–water partition coefficient (Wildman–Crippen LogP) is 2.40. The Labute approximate surface area is 145 Å². The van der Waals surface area contributed by atoms with Crippen LogP contribution in [0.3, 0.4) is 0 Å². The molecule has 1 fully saturated rings. The highest BCUT2D eigenvalue weighted by Gasteiger charge is 2.35. The summed E-state index contributed by atoms with van der Waals surface area (Å²) in [5.41, 5.74) is 1.21. The molecule has 2 aromatic rings. The van der Waals surface area contributed by atoms with Crippen LogP contribution in [0.1, 0.15) is 30.0 Å². The maximum atomic E-state index is 13.7. The van der Waals surface area contributed by atoms with Crippen molar-refractivity contribution in [3.63, 3.8) is 0 Å². The Morgan fingerprint density at radius 1 is 1.36 bits per heavy atom. The average molecular weight is 344 g/mol. The largest absolute Gasteiger partial charge is 0.481 e. The number of halogens is 1. The number of rotatable bonds is 6. The SMILES string of the molecule is COc1ccc([C@H](NC(=O)Cc2ccccc2F)C2CC(O)C2)cn1. The Kier molecular flexibility index (Phi) is 5.28. The Hall–Kier alpha value is -2.47. The van der Waals surface area contributed by atoms with Crippen molar-refractivity contribution >= 4 is 5.91 Å². The topological polar surface area (TPSA) is 71.5 Å². The maximum absolute atomic E-state index is 13.7. The zero-order chi connectivity index (χ0) is 17.8. The number of methoxy groups -OCH3 is 1. The minimum Gasteiger partial charge on any atom is -0.481 e. The molecule has 0 radical (unpaired) electrons. The van der Waals surface area contributed by atoms with Crippen LogP contribution < -0.4 is 10.1 Å². The molecule has 0 saturated heterocycles. The number of carbonyl (C=O) groups is 1. The van der Waals surface area contributed by atoms with Crippen molar-refractivity contribution in [2.45, 2.75) is 31.4 Å². The molecule has 2 N–H and O–H groups in total. The fraction of sp³-hybridized carbons (Fsp3) is 0.368. The van der Waals surface area contributed by atoms with Gasteiger partial charge in [-0.3, -0.25) is 4.79 Å². The van der Waals surface area contributed by atoms with E-state index in [9.17, 15) is 14.3 Å². The van der Waals surface area contributed by atoms with Gasteiger partial charge in [-0.2, -0.15) is 0 Å². The van der Waals surface area contributed by atoms with Crippen LogP contribution in [-0.4, -0.2) is 29.2 Å². The quantitative estimate of drug-likeness (QED) is 0.844. The molecule has 6 heteroatoms. The molecule has 1 atom stereocenters. The third kappa shape index (κ3) is 4.14. The first-order chi connectivity index (χ1) is 12.1. The van der Waals surface area contributed by atoms with E-state index in [2.05, 4.69) is 10.3 Å². The van der Waals surface area contributed by atoms with Crippen molar-refractivity contribution in [2.24, 2.45) is 5.92 Å². The van der Waals surface area contributed by atoms with Crippen LogP contribution in [-0.2, 0) is 11.2 Å². The van der Waals surface area contributed by atoms with E-state index in [4.69, 9.17) is 4.74 Å². The third-order valence-corrected chi connectivity index (χ3v) is 4.57. The van der Waals surface area contributed by atoms with Gasteiger partial charge in [0.25, 0.3) is 0 Å².